The van der Waals surface area contributed by atoms with Crippen LogP contribution in [-0.2, 0) is 0 Å². The van der Waals surface area contributed by atoms with E-state index in [1.54, 1.807) is 0 Å². The SMILES string of the molecule is Cc1cccc(Nc2cc(Br)ncn2)c1. The molecule has 0 unspecified atom stereocenters. The topological polar surface area (TPSA) is 37.8 Å². The van der Waals surface area contributed by atoms with Crippen molar-refractivity contribution in [3.8, 4) is 0 Å². The van der Waals surface area contributed by atoms with Gasteiger partial charge in [0.25, 0.3) is 0 Å². The van der Waals surface area contributed by atoms with Gasteiger partial charge in [-0.1, -0.05) is 12.1 Å². The number of aromatic nitrogens is 2. The van der Waals surface area contributed by atoms with Gasteiger partial charge >= 0.3 is 0 Å². The lowest BCUT2D eigenvalue weighted by Gasteiger charge is -2.05. The van der Waals surface area contributed by atoms with Crippen molar-refractivity contribution in [2.75, 3.05) is 5.32 Å². The van der Waals surface area contributed by atoms with E-state index in [1.807, 2.05) is 18.2 Å². The molecule has 0 atom stereocenters. The van der Waals surface area contributed by atoms with Crippen LogP contribution in [0.2, 0.25) is 0 Å². The van der Waals surface area contributed by atoms with Crippen molar-refractivity contribution in [1.29, 1.82) is 0 Å². The van der Waals surface area contributed by atoms with Crippen LogP contribution in [0.5, 0.6) is 0 Å². The fraction of sp³-hybridized carbons (Fsp3) is 0.0909. The molecule has 15 heavy (non-hydrogen) atoms. The molecule has 1 aromatic heterocycles. The van der Waals surface area contributed by atoms with Gasteiger partial charge in [-0.25, -0.2) is 9.97 Å². The highest BCUT2D eigenvalue weighted by atomic mass is 79.9. The molecular formula is C11H10BrN3. The van der Waals surface area contributed by atoms with Crippen LogP contribution in [0.4, 0.5) is 11.5 Å². The lowest BCUT2D eigenvalue weighted by molar-refractivity contribution is 1.14. The number of nitrogens with zero attached hydrogens (tertiary/aromatic N) is 2. The first-order valence-electron chi connectivity index (χ1n) is 4.55. The third kappa shape index (κ3) is 2.76. The van der Waals surface area contributed by atoms with Crippen LogP contribution in [-0.4, -0.2) is 9.97 Å². The average Bonchev–Trinajstić information content (AvgIpc) is 2.17. The molecule has 0 fully saturated rings. The lowest BCUT2D eigenvalue weighted by atomic mass is 10.2. The molecule has 0 amide bonds. The molecule has 1 N–H and O–H groups in total. The van der Waals surface area contributed by atoms with Crippen LogP contribution in [0.1, 0.15) is 5.56 Å². The van der Waals surface area contributed by atoms with E-state index >= 15 is 0 Å². The standard InChI is InChI=1S/C11H10BrN3/c1-8-3-2-4-9(5-8)15-11-6-10(12)13-7-14-11/h2-7H,1H3,(H,13,14,15). The minimum atomic E-state index is 0.771. The molecule has 1 aromatic carbocycles. The summed E-state index contributed by atoms with van der Waals surface area (Å²) in [6.07, 6.45) is 1.52. The molecule has 0 spiro atoms. The van der Waals surface area contributed by atoms with Crippen molar-refractivity contribution in [1.82, 2.24) is 9.97 Å². The maximum Gasteiger partial charge on any atom is 0.134 e. The molecule has 3 nitrogen and oxygen atoms in total. The highest BCUT2D eigenvalue weighted by Crippen LogP contribution is 2.17. The van der Waals surface area contributed by atoms with E-state index in [2.05, 4.69) is 50.3 Å². The molecule has 0 saturated carbocycles. The normalized spacial score (nSPS) is 10.0. The second-order valence-electron chi connectivity index (χ2n) is 3.22. The van der Waals surface area contributed by atoms with E-state index in [0.717, 1.165) is 16.1 Å². The van der Waals surface area contributed by atoms with E-state index < -0.39 is 0 Å². The van der Waals surface area contributed by atoms with E-state index in [-0.39, 0.29) is 0 Å². The van der Waals surface area contributed by atoms with Crippen LogP contribution in [0, 0.1) is 6.92 Å². The summed E-state index contributed by atoms with van der Waals surface area (Å²) in [6, 6.07) is 9.97. The Bertz CT molecular complexity index is 427. The molecule has 2 rings (SSSR count). The highest BCUT2D eigenvalue weighted by molar-refractivity contribution is 9.10. The molecule has 76 valence electrons. The molecule has 0 saturated heterocycles. The predicted octanol–water partition coefficient (Wildman–Crippen LogP) is 3.29. The van der Waals surface area contributed by atoms with Crippen molar-refractivity contribution >= 4 is 27.4 Å². The minimum absolute atomic E-state index is 0.771. The number of aryl methyl sites for hydroxylation is 1. The van der Waals surface area contributed by atoms with Gasteiger partial charge in [0.15, 0.2) is 0 Å². The van der Waals surface area contributed by atoms with Gasteiger partial charge in [0.2, 0.25) is 0 Å². The zero-order valence-electron chi connectivity index (χ0n) is 8.24. The predicted molar refractivity (Wildman–Crippen MR) is 64.2 cm³/mol. The van der Waals surface area contributed by atoms with E-state index in [4.69, 9.17) is 0 Å². The van der Waals surface area contributed by atoms with Gasteiger partial charge in [0.1, 0.15) is 16.7 Å². The van der Waals surface area contributed by atoms with Crippen LogP contribution >= 0.6 is 15.9 Å². The van der Waals surface area contributed by atoms with Crippen molar-refractivity contribution in [2.45, 2.75) is 6.92 Å². The first-order valence-corrected chi connectivity index (χ1v) is 5.34. The largest absolute Gasteiger partial charge is 0.340 e. The first-order chi connectivity index (χ1) is 7.24. The second-order valence-corrected chi connectivity index (χ2v) is 4.03. The van der Waals surface area contributed by atoms with Crippen molar-refractivity contribution in [3.05, 3.63) is 46.8 Å². The number of halogens is 1. The maximum absolute atomic E-state index is 4.11. The monoisotopic (exact) mass is 263 g/mol. The van der Waals surface area contributed by atoms with Gasteiger partial charge in [-0.15, -0.1) is 0 Å². The number of nitrogens with one attached hydrogen (secondary N) is 1. The fourth-order valence-corrected chi connectivity index (χ4v) is 1.58. The zero-order valence-corrected chi connectivity index (χ0v) is 9.82. The minimum Gasteiger partial charge on any atom is -0.340 e. The van der Waals surface area contributed by atoms with Gasteiger partial charge in [0.05, 0.1) is 0 Å². The molecule has 0 aliphatic carbocycles. The number of benzene rings is 1. The van der Waals surface area contributed by atoms with Gasteiger partial charge in [-0.05, 0) is 40.5 Å². The average molecular weight is 264 g/mol. The first kappa shape index (κ1) is 10.1. The smallest absolute Gasteiger partial charge is 0.134 e. The van der Waals surface area contributed by atoms with Crippen molar-refractivity contribution in [2.24, 2.45) is 0 Å². The van der Waals surface area contributed by atoms with Crippen molar-refractivity contribution in [3.63, 3.8) is 0 Å². The van der Waals surface area contributed by atoms with E-state index in [1.165, 1.54) is 11.9 Å². The Morgan fingerprint density at radius 3 is 2.80 bits per heavy atom. The molecule has 0 aliphatic heterocycles. The summed E-state index contributed by atoms with van der Waals surface area (Å²) in [5.74, 6) is 0.780. The Balaban J connectivity index is 2.22. The van der Waals surface area contributed by atoms with Gasteiger partial charge in [-0.3, -0.25) is 0 Å². The summed E-state index contributed by atoms with van der Waals surface area (Å²) in [5.41, 5.74) is 2.24. The van der Waals surface area contributed by atoms with E-state index in [9.17, 15) is 0 Å². The van der Waals surface area contributed by atoms with Crippen molar-refractivity contribution < 1.29 is 0 Å². The van der Waals surface area contributed by atoms with Gasteiger partial charge in [0, 0.05) is 11.8 Å². The summed E-state index contributed by atoms with van der Waals surface area (Å²) in [7, 11) is 0. The fourth-order valence-electron chi connectivity index (χ4n) is 1.27. The van der Waals surface area contributed by atoms with Crippen LogP contribution in [0.3, 0.4) is 0 Å². The summed E-state index contributed by atoms with van der Waals surface area (Å²) < 4.78 is 0.771. The number of anilines is 2. The molecular weight excluding hydrogens is 254 g/mol. The molecule has 2 aromatic rings. The molecule has 0 aliphatic rings. The third-order valence-corrected chi connectivity index (χ3v) is 2.36. The number of hydrogen-bond donors (Lipinski definition) is 1. The van der Waals surface area contributed by atoms with Crippen LogP contribution < -0.4 is 5.32 Å². The van der Waals surface area contributed by atoms with Crippen LogP contribution in [0.15, 0.2) is 41.3 Å². The number of rotatable bonds is 2. The Morgan fingerprint density at radius 2 is 2.07 bits per heavy atom. The molecule has 1 heterocycles. The third-order valence-electron chi connectivity index (χ3n) is 1.92. The van der Waals surface area contributed by atoms with E-state index in [0.29, 0.717) is 0 Å². The Morgan fingerprint density at radius 1 is 1.20 bits per heavy atom. The summed E-state index contributed by atoms with van der Waals surface area (Å²) in [6.45, 7) is 2.06. The molecule has 0 bridgehead atoms. The zero-order chi connectivity index (χ0) is 10.7. The summed E-state index contributed by atoms with van der Waals surface area (Å²) in [4.78, 5) is 8.08. The molecule has 4 heteroatoms. The van der Waals surface area contributed by atoms with Gasteiger partial charge in [-0.2, -0.15) is 0 Å². The Labute approximate surface area is 96.7 Å². The quantitative estimate of drug-likeness (QED) is 0.846. The molecule has 0 radical (unpaired) electrons. The maximum atomic E-state index is 4.11. The van der Waals surface area contributed by atoms with Gasteiger partial charge < -0.3 is 5.32 Å². The summed E-state index contributed by atoms with van der Waals surface area (Å²) in [5, 5.41) is 3.20. The highest BCUT2D eigenvalue weighted by Gasteiger charge is 1.97. The lowest BCUT2D eigenvalue weighted by Crippen LogP contribution is -1.94. The Hall–Kier alpha value is -1.42. The number of hydrogen-bond acceptors (Lipinski definition) is 3. The Kier molecular flexibility index (Phi) is 2.97. The van der Waals surface area contributed by atoms with Crippen LogP contribution in [0.25, 0.3) is 0 Å². The summed E-state index contributed by atoms with van der Waals surface area (Å²) >= 11 is 3.30. The second kappa shape index (κ2) is 4.40.